The third-order valence-electron chi connectivity index (χ3n) is 3.39. The van der Waals surface area contributed by atoms with Crippen LogP contribution in [0.5, 0.6) is 0 Å². The third-order valence-corrected chi connectivity index (χ3v) is 3.39. The first-order valence-electron chi connectivity index (χ1n) is 6.38. The summed E-state index contributed by atoms with van der Waals surface area (Å²) in [5, 5.41) is 20.4. The topological polar surface area (TPSA) is 63.0 Å². The maximum Gasteiger partial charge on any atom is 0.0965 e. The molecule has 0 amide bonds. The molecule has 1 rings (SSSR count). The van der Waals surface area contributed by atoms with E-state index in [1.807, 2.05) is 6.20 Å². The highest BCUT2D eigenvalue weighted by Gasteiger charge is 2.18. The van der Waals surface area contributed by atoms with Gasteiger partial charge >= 0.3 is 0 Å². The predicted octanol–water partition coefficient (Wildman–Crippen LogP) is 1.33. The number of aliphatic hydroxyl groups is 1. The molecular formula is C12H24N4O. The molecule has 2 N–H and O–H groups in total. The van der Waals surface area contributed by atoms with Crippen molar-refractivity contribution in [2.45, 2.75) is 58.7 Å². The SMILES string of the molecule is CCC(C)(CC)NCc1cn(CCCO)nn1. The smallest absolute Gasteiger partial charge is 0.0965 e. The standard InChI is InChI=1S/C12H24N4O/c1-4-12(3,5-2)13-9-11-10-16(15-14-11)7-6-8-17/h10,13,17H,4-9H2,1-3H3. The van der Waals surface area contributed by atoms with Gasteiger partial charge in [-0.15, -0.1) is 5.10 Å². The number of aryl methyl sites for hydroxylation is 1. The van der Waals surface area contributed by atoms with Crippen LogP contribution in [0.2, 0.25) is 0 Å². The number of nitrogens with zero attached hydrogens (tertiary/aromatic N) is 3. The number of aromatic nitrogens is 3. The minimum absolute atomic E-state index is 0.175. The normalized spacial score (nSPS) is 12.0. The fraction of sp³-hybridized carbons (Fsp3) is 0.833. The number of rotatable bonds is 8. The van der Waals surface area contributed by atoms with Gasteiger partial charge in [-0.05, 0) is 26.2 Å². The number of hydrogen-bond acceptors (Lipinski definition) is 4. The molecule has 1 aromatic rings. The third kappa shape index (κ3) is 4.44. The van der Waals surface area contributed by atoms with Gasteiger partial charge in [0.1, 0.15) is 0 Å². The Kier molecular flexibility index (Phi) is 5.58. The van der Waals surface area contributed by atoms with Crippen molar-refractivity contribution in [2.75, 3.05) is 6.61 Å². The summed E-state index contributed by atoms with van der Waals surface area (Å²) in [6.45, 7) is 8.27. The quantitative estimate of drug-likeness (QED) is 0.719. The molecular weight excluding hydrogens is 216 g/mol. The highest BCUT2D eigenvalue weighted by molar-refractivity contribution is 4.94. The van der Waals surface area contributed by atoms with Gasteiger partial charge in [-0.25, -0.2) is 0 Å². The summed E-state index contributed by atoms with van der Waals surface area (Å²) < 4.78 is 1.78. The average Bonchev–Trinajstić information content (AvgIpc) is 2.81. The fourth-order valence-corrected chi connectivity index (χ4v) is 1.57. The Balaban J connectivity index is 2.44. The van der Waals surface area contributed by atoms with Crippen molar-refractivity contribution < 1.29 is 5.11 Å². The maximum atomic E-state index is 8.73. The highest BCUT2D eigenvalue weighted by atomic mass is 16.3. The second kappa shape index (κ2) is 6.71. The summed E-state index contributed by atoms with van der Waals surface area (Å²) in [5.74, 6) is 0. The van der Waals surface area contributed by atoms with Crippen molar-refractivity contribution in [1.29, 1.82) is 0 Å². The zero-order valence-corrected chi connectivity index (χ0v) is 11.1. The first-order valence-corrected chi connectivity index (χ1v) is 6.38. The molecule has 1 heterocycles. The van der Waals surface area contributed by atoms with Crippen LogP contribution in [0.4, 0.5) is 0 Å². The maximum absolute atomic E-state index is 8.73. The Morgan fingerprint density at radius 3 is 2.71 bits per heavy atom. The zero-order chi connectivity index (χ0) is 12.7. The lowest BCUT2D eigenvalue weighted by atomic mass is 9.95. The van der Waals surface area contributed by atoms with E-state index in [2.05, 4.69) is 36.4 Å². The molecule has 0 bridgehead atoms. The molecule has 0 aliphatic carbocycles. The molecule has 0 atom stereocenters. The van der Waals surface area contributed by atoms with Crippen LogP contribution < -0.4 is 5.32 Å². The molecule has 0 aliphatic heterocycles. The van der Waals surface area contributed by atoms with Crippen LogP contribution in [0.25, 0.3) is 0 Å². The molecule has 0 fully saturated rings. The first-order chi connectivity index (χ1) is 8.13. The van der Waals surface area contributed by atoms with Crippen molar-refractivity contribution in [2.24, 2.45) is 0 Å². The Labute approximate surface area is 103 Å². The van der Waals surface area contributed by atoms with Gasteiger partial charge in [-0.2, -0.15) is 0 Å². The Morgan fingerprint density at radius 1 is 1.41 bits per heavy atom. The highest BCUT2D eigenvalue weighted by Crippen LogP contribution is 2.14. The summed E-state index contributed by atoms with van der Waals surface area (Å²) in [5.41, 5.74) is 1.13. The van der Waals surface area contributed by atoms with Crippen LogP contribution in [0.3, 0.4) is 0 Å². The van der Waals surface area contributed by atoms with Gasteiger partial charge in [0.25, 0.3) is 0 Å². The first kappa shape index (κ1) is 14.1. The molecule has 0 saturated heterocycles. The van der Waals surface area contributed by atoms with Crippen molar-refractivity contribution in [3.63, 3.8) is 0 Å². The largest absolute Gasteiger partial charge is 0.396 e. The van der Waals surface area contributed by atoms with Crippen LogP contribution in [0.1, 0.15) is 45.7 Å². The Morgan fingerprint density at radius 2 is 2.12 bits per heavy atom. The molecule has 0 unspecified atom stereocenters. The van der Waals surface area contributed by atoms with Crippen molar-refractivity contribution in [3.8, 4) is 0 Å². The minimum Gasteiger partial charge on any atom is -0.396 e. The van der Waals surface area contributed by atoms with Crippen molar-refractivity contribution in [3.05, 3.63) is 11.9 Å². The zero-order valence-electron chi connectivity index (χ0n) is 11.1. The van der Waals surface area contributed by atoms with Gasteiger partial charge in [-0.3, -0.25) is 4.68 Å². The van der Waals surface area contributed by atoms with E-state index in [4.69, 9.17) is 5.11 Å². The number of hydrogen-bond donors (Lipinski definition) is 2. The van der Waals surface area contributed by atoms with Crippen molar-refractivity contribution in [1.82, 2.24) is 20.3 Å². The molecule has 0 spiro atoms. The van der Waals surface area contributed by atoms with Crippen LogP contribution in [0.15, 0.2) is 6.20 Å². The van der Waals surface area contributed by atoms with E-state index in [1.54, 1.807) is 4.68 Å². The Hall–Kier alpha value is -0.940. The lowest BCUT2D eigenvalue weighted by Gasteiger charge is -2.27. The van der Waals surface area contributed by atoms with Crippen LogP contribution in [0, 0.1) is 0 Å². The van der Waals surface area contributed by atoms with Gasteiger partial charge in [-0.1, -0.05) is 19.1 Å². The van der Waals surface area contributed by atoms with E-state index in [-0.39, 0.29) is 12.1 Å². The fourth-order valence-electron chi connectivity index (χ4n) is 1.57. The molecule has 5 heteroatoms. The lowest BCUT2D eigenvalue weighted by Crippen LogP contribution is -2.40. The summed E-state index contributed by atoms with van der Waals surface area (Å²) in [7, 11) is 0. The number of aliphatic hydroxyl groups excluding tert-OH is 1. The molecule has 17 heavy (non-hydrogen) atoms. The van der Waals surface area contributed by atoms with E-state index in [1.165, 1.54) is 0 Å². The van der Waals surface area contributed by atoms with E-state index >= 15 is 0 Å². The van der Waals surface area contributed by atoms with Crippen LogP contribution in [-0.2, 0) is 13.1 Å². The van der Waals surface area contributed by atoms with Gasteiger partial charge in [0.15, 0.2) is 0 Å². The molecule has 5 nitrogen and oxygen atoms in total. The minimum atomic E-state index is 0.175. The van der Waals surface area contributed by atoms with Crippen LogP contribution >= 0.6 is 0 Å². The average molecular weight is 240 g/mol. The van der Waals surface area contributed by atoms with Gasteiger partial charge in [0.2, 0.25) is 0 Å². The molecule has 1 aromatic heterocycles. The van der Waals surface area contributed by atoms with Gasteiger partial charge in [0.05, 0.1) is 5.69 Å². The van der Waals surface area contributed by atoms with Crippen molar-refractivity contribution >= 4 is 0 Å². The van der Waals surface area contributed by atoms with E-state index in [9.17, 15) is 0 Å². The molecule has 0 aliphatic rings. The molecule has 98 valence electrons. The summed E-state index contributed by atoms with van der Waals surface area (Å²) >= 11 is 0. The monoisotopic (exact) mass is 240 g/mol. The summed E-state index contributed by atoms with van der Waals surface area (Å²) in [6, 6.07) is 0. The second-order valence-corrected chi connectivity index (χ2v) is 4.67. The van der Waals surface area contributed by atoms with Gasteiger partial charge < -0.3 is 10.4 Å². The predicted molar refractivity (Wildman–Crippen MR) is 67.6 cm³/mol. The lowest BCUT2D eigenvalue weighted by molar-refractivity contribution is 0.276. The van der Waals surface area contributed by atoms with E-state index in [0.717, 1.165) is 38.0 Å². The molecule has 0 saturated carbocycles. The van der Waals surface area contributed by atoms with E-state index < -0.39 is 0 Å². The summed E-state index contributed by atoms with van der Waals surface area (Å²) in [6.07, 6.45) is 4.86. The van der Waals surface area contributed by atoms with Gasteiger partial charge in [0, 0.05) is 31.4 Å². The molecule has 0 radical (unpaired) electrons. The molecule has 0 aromatic carbocycles. The Bertz CT molecular complexity index is 320. The van der Waals surface area contributed by atoms with Crippen LogP contribution in [-0.4, -0.2) is 32.2 Å². The summed E-state index contributed by atoms with van der Waals surface area (Å²) in [4.78, 5) is 0. The number of nitrogens with one attached hydrogen (secondary N) is 1. The second-order valence-electron chi connectivity index (χ2n) is 4.67. The van der Waals surface area contributed by atoms with E-state index in [0.29, 0.717) is 0 Å².